The molecule has 4 rings (SSSR count). The fraction of sp³-hybridized carbons (Fsp3) is 0.385. The number of ether oxygens (including phenoxy) is 1. The molecule has 1 aliphatic rings. The largest absolute Gasteiger partial charge is 0.443 e. The average Bonchev–Trinajstić information content (AvgIpc) is 3.15. The van der Waals surface area contributed by atoms with Crippen molar-refractivity contribution in [2.24, 2.45) is 0 Å². The molecule has 7 nitrogen and oxygen atoms in total. The standard InChI is InChI=1S/C13H11Cl2N5O2/c1-6-4-16-12(21-6)7-2-3-8(22-7)20-5-17-9-10(14)18-13(15)19-11(9)20/h4-5,7-8H,2-3H2,1H3. The lowest BCUT2D eigenvalue weighted by molar-refractivity contribution is -0.00917. The second-order valence-electron chi connectivity index (χ2n) is 5.07. The Kier molecular flexibility index (Phi) is 3.28. The number of imidazole rings is 1. The summed E-state index contributed by atoms with van der Waals surface area (Å²) < 4.78 is 13.4. The van der Waals surface area contributed by atoms with Gasteiger partial charge in [-0.2, -0.15) is 4.98 Å². The SMILES string of the molecule is Cc1cnc(C2CCC(n3cnc4c(Cl)nc(Cl)nc43)O2)o1. The molecular formula is C13H11Cl2N5O2. The summed E-state index contributed by atoms with van der Waals surface area (Å²) in [5, 5.41) is 0.309. The molecule has 1 saturated heterocycles. The molecule has 0 radical (unpaired) electrons. The van der Waals surface area contributed by atoms with E-state index in [0.29, 0.717) is 17.1 Å². The molecule has 1 fully saturated rings. The van der Waals surface area contributed by atoms with Gasteiger partial charge in [0.1, 0.15) is 23.6 Å². The summed E-state index contributed by atoms with van der Waals surface area (Å²) in [6.07, 6.45) is 4.52. The number of halogens is 2. The molecule has 22 heavy (non-hydrogen) atoms. The number of aryl methyl sites for hydroxylation is 1. The van der Waals surface area contributed by atoms with E-state index in [2.05, 4.69) is 19.9 Å². The molecule has 1 aliphatic heterocycles. The van der Waals surface area contributed by atoms with Gasteiger partial charge in [0.05, 0.1) is 12.5 Å². The van der Waals surface area contributed by atoms with Gasteiger partial charge in [-0.3, -0.25) is 4.57 Å². The van der Waals surface area contributed by atoms with Gasteiger partial charge in [-0.05, 0) is 31.4 Å². The van der Waals surface area contributed by atoms with Gasteiger partial charge in [-0.25, -0.2) is 15.0 Å². The highest BCUT2D eigenvalue weighted by molar-refractivity contribution is 6.35. The molecule has 2 unspecified atom stereocenters. The fourth-order valence-corrected chi connectivity index (χ4v) is 3.02. The van der Waals surface area contributed by atoms with Crippen molar-refractivity contribution in [1.82, 2.24) is 24.5 Å². The van der Waals surface area contributed by atoms with Crippen molar-refractivity contribution in [3.63, 3.8) is 0 Å². The van der Waals surface area contributed by atoms with Crippen LogP contribution in [0.2, 0.25) is 10.4 Å². The lowest BCUT2D eigenvalue weighted by Gasteiger charge is -2.13. The number of hydrogen-bond donors (Lipinski definition) is 0. The van der Waals surface area contributed by atoms with Crippen LogP contribution in [0.25, 0.3) is 11.2 Å². The van der Waals surface area contributed by atoms with Crippen LogP contribution in [0.3, 0.4) is 0 Å². The Labute approximate surface area is 135 Å². The Morgan fingerprint density at radius 1 is 1.23 bits per heavy atom. The van der Waals surface area contributed by atoms with Crippen molar-refractivity contribution in [2.45, 2.75) is 32.1 Å². The van der Waals surface area contributed by atoms with Gasteiger partial charge >= 0.3 is 0 Å². The summed E-state index contributed by atoms with van der Waals surface area (Å²) in [6, 6.07) is 0. The minimum atomic E-state index is -0.218. The topological polar surface area (TPSA) is 78.9 Å². The molecule has 0 amide bonds. The van der Waals surface area contributed by atoms with Crippen LogP contribution in [-0.4, -0.2) is 24.5 Å². The van der Waals surface area contributed by atoms with Crippen molar-refractivity contribution in [3.05, 3.63) is 34.6 Å². The van der Waals surface area contributed by atoms with Crippen LogP contribution in [0, 0.1) is 6.92 Å². The van der Waals surface area contributed by atoms with Crippen LogP contribution in [0.1, 0.15) is 36.8 Å². The van der Waals surface area contributed by atoms with Crippen LogP contribution < -0.4 is 0 Å². The lowest BCUT2D eigenvalue weighted by Crippen LogP contribution is -2.08. The number of fused-ring (bicyclic) bond motifs is 1. The van der Waals surface area contributed by atoms with E-state index in [1.807, 2.05) is 11.5 Å². The van der Waals surface area contributed by atoms with E-state index in [1.165, 1.54) is 0 Å². The molecule has 0 saturated carbocycles. The Morgan fingerprint density at radius 2 is 2.09 bits per heavy atom. The maximum Gasteiger partial charge on any atom is 0.225 e. The zero-order chi connectivity index (χ0) is 15.3. The molecule has 0 spiro atoms. The van der Waals surface area contributed by atoms with Gasteiger partial charge in [0.15, 0.2) is 10.8 Å². The van der Waals surface area contributed by atoms with Crippen LogP contribution in [0.4, 0.5) is 0 Å². The number of nitrogens with zero attached hydrogens (tertiary/aromatic N) is 5. The summed E-state index contributed by atoms with van der Waals surface area (Å²) in [5.74, 6) is 1.36. The first kappa shape index (κ1) is 13.9. The van der Waals surface area contributed by atoms with E-state index < -0.39 is 0 Å². The highest BCUT2D eigenvalue weighted by atomic mass is 35.5. The quantitative estimate of drug-likeness (QED) is 0.525. The summed E-state index contributed by atoms with van der Waals surface area (Å²) in [7, 11) is 0. The minimum absolute atomic E-state index is 0.0807. The van der Waals surface area contributed by atoms with E-state index in [9.17, 15) is 0 Å². The first-order valence-electron chi connectivity index (χ1n) is 6.75. The van der Waals surface area contributed by atoms with Gasteiger partial charge < -0.3 is 9.15 Å². The molecule has 2 atom stereocenters. The second kappa shape index (κ2) is 5.19. The molecule has 0 bridgehead atoms. The van der Waals surface area contributed by atoms with Crippen molar-refractivity contribution in [3.8, 4) is 0 Å². The summed E-state index contributed by atoms with van der Waals surface area (Å²) >= 11 is 11.9. The number of hydrogen-bond acceptors (Lipinski definition) is 6. The van der Waals surface area contributed by atoms with E-state index >= 15 is 0 Å². The van der Waals surface area contributed by atoms with Crippen LogP contribution >= 0.6 is 23.2 Å². The van der Waals surface area contributed by atoms with E-state index in [4.69, 9.17) is 32.4 Å². The Balaban J connectivity index is 1.66. The van der Waals surface area contributed by atoms with Gasteiger partial charge in [0, 0.05) is 0 Å². The van der Waals surface area contributed by atoms with Crippen LogP contribution in [0.15, 0.2) is 16.9 Å². The maximum atomic E-state index is 6.03. The van der Waals surface area contributed by atoms with Crippen molar-refractivity contribution in [1.29, 1.82) is 0 Å². The summed E-state index contributed by atoms with van der Waals surface area (Å²) in [4.78, 5) is 16.5. The number of rotatable bonds is 2. The molecule has 9 heteroatoms. The van der Waals surface area contributed by atoms with Crippen LogP contribution in [0.5, 0.6) is 0 Å². The van der Waals surface area contributed by atoms with Gasteiger partial charge in [-0.1, -0.05) is 11.6 Å². The van der Waals surface area contributed by atoms with E-state index in [-0.39, 0.29) is 22.8 Å². The first-order valence-corrected chi connectivity index (χ1v) is 7.51. The van der Waals surface area contributed by atoms with Crippen molar-refractivity contribution < 1.29 is 9.15 Å². The maximum absolute atomic E-state index is 6.03. The third kappa shape index (κ3) is 2.25. The molecule has 114 valence electrons. The predicted molar refractivity (Wildman–Crippen MR) is 78.7 cm³/mol. The molecule has 3 aromatic rings. The third-order valence-corrected chi connectivity index (χ3v) is 4.01. The third-order valence-electron chi connectivity index (χ3n) is 3.57. The predicted octanol–water partition coefficient (Wildman–Crippen LogP) is 3.48. The minimum Gasteiger partial charge on any atom is -0.443 e. The fourth-order valence-electron chi connectivity index (χ4n) is 2.59. The highest BCUT2D eigenvalue weighted by Gasteiger charge is 2.32. The van der Waals surface area contributed by atoms with Gasteiger partial charge in [0.25, 0.3) is 0 Å². The normalized spacial score (nSPS) is 21.8. The zero-order valence-corrected chi connectivity index (χ0v) is 13.0. The first-order chi connectivity index (χ1) is 10.6. The van der Waals surface area contributed by atoms with Crippen molar-refractivity contribution in [2.75, 3.05) is 0 Å². The highest BCUT2D eigenvalue weighted by Crippen LogP contribution is 2.39. The zero-order valence-electron chi connectivity index (χ0n) is 11.5. The lowest BCUT2D eigenvalue weighted by atomic mass is 10.2. The Morgan fingerprint density at radius 3 is 2.86 bits per heavy atom. The van der Waals surface area contributed by atoms with Gasteiger partial charge in [0.2, 0.25) is 11.2 Å². The molecule has 0 aliphatic carbocycles. The Hall–Kier alpha value is -1.70. The smallest absolute Gasteiger partial charge is 0.225 e. The molecule has 3 aromatic heterocycles. The molecule has 4 heterocycles. The summed E-state index contributed by atoms with van der Waals surface area (Å²) in [6.45, 7) is 1.85. The molecule has 0 N–H and O–H groups in total. The van der Waals surface area contributed by atoms with E-state index in [0.717, 1.165) is 18.6 Å². The van der Waals surface area contributed by atoms with E-state index in [1.54, 1.807) is 12.5 Å². The average molecular weight is 340 g/mol. The molecular weight excluding hydrogens is 329 g/mol. The van der Waals surface area contributed by atoms with Crippen LogP contribution in [-0.2, 0) is 4.74 Å². The monoisotopic (exact) mass is 339 g/mol. The second-order valence-corrected chi connectivity index (χ2v) is 5.77. The number of aromatic nitrogens is 5. The van der Waals surface area contributed by atoms with Crippen molar-refractivity contribution >= 4 is 34.4 Å². The molecule has 0 aromatic carbocycles. The summed E-state index contributed by atoms with van der Waals surface area (Å²) in [5.41, 5.74) is 1.06. The van der Waals surface area contributed by atoms with Gasteiger partial charge in [-0.15, -0.1) is 0 Å². The number of oxazole rings is 1. The Bertz CT molecular complexity index is 846.